The quantitative estimate of drug-likeness (QED) is 0.484. The molecule has 3 N–H and O–H groups in total. The minimum Gasteiger partial charge on any atom is -0.354 e. The van der Waals surface area contributed by atoms with Crippen LogP contribution in [-0.2, 0) is 0 Å². The average molecular weight is 403 g/mol. The molecular formula is C21H21N7O2. The van der Waals surface area contributed by atoms with Gasteiger partial charge in [0.1, 0.15) is 5.69 Å². The van der Waals surface area contributed by atoms with Gasteiger partial charge < -0.3 is 15.6 Å². The van der Waals surface area contributed by atoms with Crippen molar-refractivity contribution in [1.29, 1.82) is 0 Å². The monoisotopic (exact) mass is 403 g/mol. The molecule has 9 nitrogen and oxygen atoms in total. The van der Waals surface area contributed by atoms with E-state index in [0.29, 0.717) is 28.6 Å². The van der Waals surface area contributed by atoms with E-state index in [9.17, 15) is 9.59 Å². The number of aryl methyl sites for hydroxylation is 3. The smallest absolute Gasteiger partial charge is 0.267 e. The van der Waals surface area contributed by atoms with Gasteiger partial charge in [0.15, 0.2) is 0 Å². The lowest BCUT2D eigenvalue weighted by Gasteiger charge is -2.04. The average Bonchev–Trinajstić information content (AvgIpc) is 3.30. The number of anilines is 1. The van der Waals surface area contributed by atoms with E-state index in [1.807, 2.05) is 32.0 Å². The van der Waals surface area contributed by atoms with Crippen LogP contribution in [0.1, 0.15) is 37.9 Å². The number of amides is 2. The number of aromatic nitrogens is 5. The molecule has 0 spiro atoms. The molecule has 1 aromatic carbocycles. The Balaban J connectivity index is 1.59. The molecule has 3 aromatic heterocycles. The topological polar surface area (TPSA) is 118 Å². The Kier molecular flexibility index (Phi) is 4.78. The van der Waals surface area contributed by atoms with Crippen LogP contribution < -0.4 is 10.6 Å². The van der Waals surface area contributed by atoms with Crippen molar-refractivity contribution in [2.45, 2.75) is 20.8 Å². The number of nitrogens with one attached hydrogen (secondary N) is 3. The summed E-state index contributed by atoms with van der Waals surface area (Å²) in [6, 6.07) is 9.02. The lowest BCUT2D eigenvalue weighted by Crippen LogP contribution is -2.17. The lowest BCUT2D eigenvalue weighted by molar-refractivity contribution is 0.0958. The number of carbonyl (C=O) groups excluding carboxylic acids is 2. The second-order valence-corrected chi connectivity index (χ2v) is 7.04. The summed E-state index contributed by atoms with van der Waals surface area (Å²) < 4.78 is 1.51. The van der Waals surface area contributed by atoms with Crippen LogP contribution in [0.2, 0.25) is 0 Å². The fourth-order valence-corrected chi connectivity index (χ4v) is 3.26. The second kappa shape index (κ2) is 7.43. The third kappa shape index (κ3) is 3.64. The number of rotatable bonds is 4. The van der Waals surface area contributed by atoms with Gasteiger partial charge in [-0.15, -0.1) is 0 Å². The van der Waals surface area contributed by atoms with Crippen LogP contribution in [0.25, 0.3) is 16.9 Å². The van der Waals surface area contributed by atoms with E-state index in [1.165, 1.54) is 4.68 Å². The standard InChI is InChI=1S/C21H21N7O2/c1-11-7-12(2)24-21(23-11)28-10-16(13(3)27-28)19(29)25-15-5-6-17-14(8-15)9-18(26-17)20(30)22-4/h5-10,26H,1-4H3,(H,22,30)(H,25,29). The Morgan fingerprint density at radius 1 is 1.00 bits per heavy atom. The third-order valence-electron chi connectivity index (χ3n) is 4.67. The normalized spacial score (nSPS) is 10.9. The van der Waals surface area contributed by atoms with E-state index < -0.39 is 0 Å². The summed E-state index contributed by atoms with van der Waals surface area (Å²) in [6.45, 7) is 5.53. The van der Waals surface area contributed by atoms with Gasteiger partial charge in [-0.1, -0.05) is 0 Å². The van der Waals surface area contributed by atoms with Crippen molar-refractivity contribution in [3.8, 4) is 5.95 Å². The molecule has 0 aliphatic heterocycles. The molecular weight excluding hydrogens is 382 g/mol. The van der Waals surface area contributed by atoms with Crippen molar-refractivity contribution in [2.24, 2.45) is 0 Å². The molecule has 0 atom stereocenters. The van der Waals surface area contributed by atoms with E-state index in [1.54, 1.807) is 32.3 Å². The zero-order chi connectivity index (χ0) is 21.4. The van der Waals surface area contributed by atoms with Crippen LogP contribution in [0, 0.1) is 20.8 Å². The molecule has 0 aliphatic rings. The van der Waals surface area contributed by atoms with Gasteiger partial charge >= 0.3 is 0 Å². The Bertz CT molecular complexity index is 1270. The molecule has 2 amide bonds. The van der Waals surface area contributed by atoms with Crippen molar-refractivity contribution in [2.75, 3.05) is 12.4 Å². The maximum absolute atomic E-state index is 12.8. The highest BCUT2D eigenvalue weighted by atomic mass is 16.2. The highest BCUT2D eigenvalue weighted by Gasteiger charge is 2.16. The maximum Gasteiger partial charge on any atom is 0.267 e. The fraction of sp³-hybridized carbons (Fsp3) is 0.190. The molecule has 0 aliphatic carbocycles. The summed E-state index contributed by atoms with van der Waals surface area (Å²) in [5.41, 5.74) is 4.53. The first-order valence-electron chi connectivity index (χ1n) is 9.39. The Morgan fingerprint density at radius 3 is 2.43 bits per heavy atom. The summed E-state index contributed by atoms with van der Waals surface area (Å²) in [7, 11) is 1.57. The van der Waals surface area contributed by atoms with E-state index in [4.69, 9.17) is 0 Å². The molecule has 4 rings (SSSR count). The largest absolute Gasteiger partial charge is 0.354 e. The zero-order valence-electron chi connectivity index (χ0n) is 17.1. The van der Waals surface area contributed by atoms with Crippen molar-refractivity contribution < 1.29 is 9.59 Å². The predicted octanol–water partition coefficient (Wildman–Crippen LogP) is 2.68. The van der Waals surface area contributed by atoms with Gasteiger partial charge in [-0.2, -0.15) is 5.10 Å². The van der Waals surface area contributed by atoms with Gasteiger partial charge in [0.05, 0.1) is 11.3 Å². The molecule has 152 valence electrons. The van der Waals surface area contributed by atoms with Crippen LogP contribution >= 0.6 is 0 Å². The minimum absolute atomic E-state index is 0.201. The van der Waals surface area contributed by atoms with Crippen LogP contribution in [0.3, 0.4) is 0 Å². The lowest BCUT2D eigenvalue weighted by atomic mass is 10.2. The molecule has 0 bridgehead atoms. The van der Waals surface area contributed by atoms with Gasteiger partial charge in [0, 0.05) is 41.2 Å². The zero-order valence-corrected chi connectivity index (χ0v) is 17.1. The molecule has 0 saturated heterocycles. The molecule has 4 aromatic rings. The number of fused-ring (bicyclic) bond motifs is 1. The van der Waals surface area contributed by atoms with Crippen molar-refractivity contribution in [3.63, 3.8) is 0 Å². The summed E-state index contributed by atoms with van der Waals surface area (Å²) in [5, 5.41) is 10.7. The van der Waals surface area contributed by atoms with Crippen LogP contribution in [0.4, 0.5) is 5.69 Å². The summed E-state index contributed by atoms with van der Waals surface area (Å²) in [4.78, 5) is 36.4. The number of hydrogen-bond donors (Lipinski definition) is 3. The Labute approximate surface area is 172 Å². The van der Waals surface area contributed by atoms with Gasteiger partial charge in [-0.3, -0.25) is 9.59 Å². The van der Waals surface area contributed by atoms with E-state index in [2.05, 4.69) is 30.7 Å². The maximum atomic E-state index is 12.8. The van der Waals surface area contributed by atoms with Crippen molar-refractivity contribution in [1.82, 2.24) is 30.0 Å². The number of benzene rings is 1. The van der Waals surface area contributed by atoms with Crippen molar-refractivity contribution >= 4 is 28.4 Å². The Hall–Kier alpha value is -4.01. The van der Waals surface area contributed by atoms with Gasteiger partial charge in [-0.05, 0) is 51.1 Å². The molecule has 30 heavy (non-hydrogen) atoms. The van der Waals surface area contributed by atoms with Crippen LogP contribution in [0.5, 0.6) is 0 Å². The summed E-state index contributed by atoms with van der Waals surface area (Å²) in [6.07, 6.45) is 1.62. The van der Waals surface area contributed by atoms with E-state index >= 15 is 0 Å². The molecule has 9 heteroatoms. The number of carbonyl (C=O) groups is 2. The third-order valence-corrected chi connectivity index (χ3v) is 4.67. The minimum atomic E-state index is -0.287. The number of nitrogens with zero attached hydrogens (tertiary/aromatic N) is 4. The van der Waals surface area contributed by atoms with Gasteiger partial charge in [0.2, 0.25) is 0 Å². The first-order valence-corrected chi connectivity index (χ1v) is 9.39. The highest BCUT2D eigenvalue weighted by molar-refractivity contribution is 6.06. The fourth-order valence-electron chi connectivity index (χ4n) is 3.26. The SMILES string of the molecule is CNC(=O)c1cc2cc(NC(=O)c3cn(-c4nc(C)cc(C)n4)nc3C)ccc2[nH]1. The highest BCUT2D eigenvalue weighted by Crippen LogP contribution is 2.21. The summed E-state index contributed by atoms with van der Waals surface area (Å²) >= 11 is 0. The van der Waals surface area contributed by atoms with Crippen molar-refractivity contribution in [3.05, 3.63) is 64.9 Å². The van der Waals surface area contributed by atoms with Gasteiger partial charge in [0.25, 0.3) is 17.8 Å². The predicted molar refractivity (Wildman–Crippen MR) is 113 cm³/mol. The number of aromatic amines is 1. The van der Waals surface area contributed by atoms with Gasteiger partial charge in [-0.25, -0.2) is 14.6 Å². The Morgan fingerprint density at radius 2 is 1.73 bits per heavy atom. The van der Waals surface area contributed by atoms with Crippen LogP contribution in [0.15, 0.2) is 36.5 Å². The first-order chi connectivity index (χ1) is 14.3. The number of hydrogen-bond acceptors (Lipinski definition) is 5. The molecule has 3 heterocycles. The van der Waals surface area contributed by atoms with E-state index in [0.717, 1.165) is 22.3 Å². The number of H-pyrrole nitrogens is 1. The second-order valence-electron chi connectivity index (χ2n) is 7.04. The molecule has 0 radical (unpaired) electrons. The molecule has 0 fully saturated rings. The van der Waals surface area contributed by atoms with Crippen LogP contribution in [-0.4, -0.2) is 43.6 Å². The first kappa shape index (κ1) is 19.3. The molecule has 0 saturated carbocycles. The molecule has 0 unspecified atom stereocenters. The van der Waals surface area contributed by atoms with E-state index in [-0.39, 0.29) is 11.8 Å². The summed E-state index contributed by atoms with van der Waals surface area (Å²) in [5.74, 6) is -0.0666.